The third kappa shape index (κ3) is 5.78. The third-order valence-corrected chi connectivity index (χ3v) is 4.83. The summed E-state index contributed by atoms with van der Waals surface area (Å²) < 4.78 is 48.0. The van der Waals surface area contributed by atoms with Gasteiger partial charge >= 0.3 is 6.36 Å². The number of nitrogens with zero attached hydrogens (tertiary/aromatic N) is 4. The van der Waals surface area contributed by atoms with E-state index in [9.17, 15) is 18.3 Å². The molecule has 172 valence electrons. The van der Waals surface area contributed by atoms with Gasteiger partial charge in [-0.15, -0.1) is 13.2 Å². The topological polar surface area (TPSA) is 86.2 Å². The molecule has 0 aliphatic carbocycles. The van der Waals surface area contributed by atoms with Crippen LogP contribution in [0.4, 0.5) is 13.2 Å². The number of aliphatic hydroxyl groups excluding tert-OH is 1. The lowest BCUT2D eigenvalue weighted by Gasteiger charge is -2.08. The van der Waals surface area contributed by atoms with Crippen LogP contribution in [0, 0.1) is 6.92 Å². The van der Waals surface area contributed by atoms with Crippen molar-refractivity contribution in [2.45, 2.75) is 39.3 Å². The Bertz CT molecular complexity index is 1230. The lowest BCUT2D eigenvalue weighted by atomic mass is 10.1. The highest BCUT2D eigenvalue weighted by Gasteiger charge is 2.31. The highest BCUT2D eigenvalue weighted by molar-refractivity contribution is 5.58. The number of ether oxygens (including phenoxy) is 1. The molecule has 0 aliphatic rings. The number of aliphatic hydroxyl groups is 1. The molecule has 0 spiro atoms. The number of aromatic nitrogens is 4. The molecule has 1 N–H and O–H groups in total. The van der Waals surface area contributed by atoms with E-state index in [1.807, 2.05) is 41.9 Å². The Kier molecular flexibility index (Phi) is 6.19. The van der Waals surface area contributed by atoms with Crippen LogP contribution >= 0.6 is 0 Å². The molecule has 0 fully saturated rings. The van der Waals surface area contributed by atoms with Gasteiger partial charge < -0.3 is 14.4 Å². The molecule has 0 saturated heterocycles. The molecule has 1 unspecified atom stereocenters. The monoisotopic (exact) mass is 458 g/mol. The van der Waals surface area contributed by atoms with Crippen molar-refractivity contribution in [3.05, 3.63) is 71.4 Å². The van der Waals surface area contributed by atoms with E-state index in [4.69, 9.17) is 4.52 Å². The lowest BCUT2D eigenvalue weighted by Crippen LogP contribution is -2.16. The van der Waals surface area contributed by atoms with Crippen LogP contribution < -0.4 is 4.74 Å². The van der Waals surface area contributed by atoms with Crippen molar-refractivity contribution in [1.82, 2.24) is 19.9 Å². The van der Waals surface area contributed by atoms with Crippen LogP contribution in [0.2, 0.25) is 0 Å². The van der Waals surface area contributed by atoms with E-state index in [0.29, 0.717) is 24.2 Å². The maximum absolute atomic E-state index is 12.3. The Labute approximate surface area is 187 Å². The first-order valence-electron chi connectivity index (χ1n) is 10.2. The van der Waals surface area contributed by atoms with Gasteiger partial charge in [0.25, 0.3) is 5.89 Å². The highest BCUT2D eigenvalue weighted by Crippen LogP contribution is 2.27. The van der Waals surface area contributed by atoms with Gasteiger partial charge in [-0.05, 0) is 61.7 Å². The Morgan fingerprint density at radius 2 is 1.82 bits per heavy atom. The summed E-state index contributed by atoms with van der Waals surface area (Å²) in [5, 5.41) is 18.1. The fourth-order valence-electron chi connectivity index (χ4n) is 3.39. The highest BCUT2D eigenvalue weighted by atomic mass is 19.4. The fraction of sp³-hybridized carbons (Fsp3) is 0.261. The summed E-state index contributed by atoms with van der Waals surface area (Å²) >= 11 is 0. The van der Waals surface area contributed by atoms with Crippen LogP contribution in [0.15, 0.2) is 59.1 Å². The van der Waals surface area contributed by atoms with Gasteiger partial charge in [0.15, 0.2) is 5.69 Å². The third-order valence-electron chi connectivity index (χ3n) is 4.83. The van der Waals surface area contributed by atoms with Gasteiger partial charge in [-0.25, -0.2) is 0 Å². The van der Waals surface area contributed by atoms with E-state index in [0.717, 1.165) is 16.8 Å². The Hall–Kier alpha value is -3.66. The standard InChI is InChI=1S/C23H21F3N4O3/c1-14-10-20(28-30(14)13-17-5-3-4-16(12-17)11-15(2)31)22-27-21(29-33-22)18-6-8-19(9-7-18)32-23(24,25)26/h3-10,12,15,31H,11,13H2,1-2H3. The number of hydrogen-bond donors (Lipinski definition) is 1. The smallest absolute Gasteiger partial charge is 0.406 e. The predicted molar refractivity (Wildman–Crippen MR) is 113 cm³/mol. The zero-order valence-corrected chi connectivity index (χ0v) is 17.9. The van der Waals surface area contributed by atoms with Crippen molar-refractivity contribution in [3.8, 4) is 28.7 Å². The van der Waals surface area contributed by atoms with Crippen molar-refractivity contribution >= 4 is 0 Å². The summed E-state index contributed by atoms with van der Waals surface area (Å²) in [7, 11) is 0. The molecular weight excluding hydrogens is 437 g/mol. The summed E-state index contributed by atoms with van der Waals surface area (Å²) in [4.78, 5) is 4.32. The molecule has 0 amide bonds. The van der Waals surface area contributed by atoms with Crippen LogP contribution in [-0.4, -0.2) is 37.5 Å². The van der Waals surface area contributed by atoms with Crippen LogP contribution in [-0.2, 0) is 13.0 Å². The Balaban J connectivity index is 1.50. The van der Waals surface area contributed by atoms with E-state index in [1.165, 1.54) is 24.3 Å². The average molecular weight is 458 g/mol. The van der Waals surface area contributed by atoms with Crippen molar-refractivity contribution < 1.29 is 27.5 Å². The molecule has 10 heteroatoms. The van der Waals surface area contributed by atoms with Gasteiger partial charge in [-0.3, -0.25) is 4.68 Å². The van der Waals surface area contributed by atoms with Crippen molar-refractivity contribution in [1.29, 1.82) is 0 Å². The first-order valence-corrected chi connectivity index (χ1v) is 10.2. The number of hydrogen-bond acceptors (Lipinski definition) is 6. The van der Waals surface area contributed by atoms with Crippen molar-refractivity contribution in [2.24, 2.45) is 0 Å². The zero-order valence-electron chi connectivity index (χ0n) is 17.9. The number of halogens is 3. The molecule has 4 aromatic rings. The maximum Gasteiger partial charge on any atom is 0.573 e. The number of benzene rings is 2. The molecule has 33 heavy (non-hydrogen) atoms. The summed E-state index contributed by atoms with van der Waals surface area (Å²) in [5.41, 5.74) is 3.94. The second-order valence-corrected chi connectivity index (χ2v) is 7.70. The molecule has 0 radical (unpaired) electrons. The molecule has 2 aromatic carbocycles. The molecular formula is C23H21F3N4O3. The minimum Gasteiger partial charge on any atom is -0.406 e. The summed E-state index contributed by atoms with van der Waals surface area (Å²) in [6, 6.07) is 15.0. The summed E-state index contributed by atoms with van der Waals surface area (Å²) in [5.74, 6) is 0.0914. The van der Waals surface area contributed by atoms with E-state index in [2.05, 4.69) is 20.0 Å². The van der Waals surface area contributed by atoms with E-state index in [1.54, 1.807) is 6.92 Å². The Morgan fingerprint density at radius 1 is 1.09 bits per heavy atom. The quantitative estimate of drug-likeness (QED) is 0.429. The molecule has 4 rings (SSSR count). The largest absolute Gasteiger partial charge is 0.573 e. The van der Waals surface area contributed by atoms with Crippen LogP contribution in [0.1, 0.15) is 23.7 Å². The van der Waals surface area contributed by atoms with Gasteiger partial charge in [-0.1, -0.05) is 29.4 Å². The molecule has 2 aromatic heterocycles. The van der Waals surface area contributed by atoms with Gasteiger partial charge in [0.1, 0.15) is 5.75 Å². The van der Waals surface area contributed by atoms with Gasteiger partial charge in [0.2, 0.25) is 5.82 Å². The maximum atomic E-state index is 12.3. The molecule has 2 heterocycles. The van der Waals surface area contributed by atoms with E-state index in [-0.39, 0.29) is 17.5 Å². The predicted octanol–water partition coefficient (Wildman–Crippen LogP) is 4.78. The minimum absolute atomic E-state index is 0.199. The average Bonchev–Trinajstić information content (AvgIpc) is 3.35. The lowest BCUT2D eigenvalue weighted by molar-refractivity contribution is -0.274. The SMILES string of the molecule is Cc1cc(-c2nc(-c3ccc(OC(F)(F)F)cc3)no2)nn1Cc1cccc(CC(C)O)c1. The van der Waals surface area contributed by atoms with Crippen LogP contribution in [0.5, 0.6) is 5.75 Å². The fourth-order valence-corrected chi connectivity index (χ4v) is 3.39. The van der Waals surface area contributed by atoms with Gasteiger partial charge in [0, 0.05) is 11.3 Å². The van der Waals surface area contributed by atoms with E-state index >= 15 is 0 Å². The molecule has 0 saturated carbocycles. The van der Waals surface area contributed by atoms with Crippen LogP contribution in [0.3, 0.4) is 0 Å². The summed E-state index contributed by atoms with van der Waals surface area (Å²) in [6.07, 6.45) is -4.60. The number of alkyl halides is 3. The Morgan fingerprint density at radius 3 is 2.52 bits per heavy atom. The second kappa shape index (κ2) is 9.07. The van der Waals surface area contributed by atoms with Crippen molar-refractivity contribution in [3.63, 3.8) is 0 Å². The first kappa shape index (κ1) is 22.5. The van der Waals surface area contributed by atoms with Gasteiger partial charge in [0.05, 0.1) is 12.6 Å². The normalized spacial score (nSPS) is 12.7. The minimum atomic E-state index is -4.75. The zero-order chi connectivity index (χ0) is 23.6. The van der Waals surface area contributed by atoms with Gasteiger partial charge in [-0.2, -0.15) is 10.1 Å². The number of rotatable bonds is 7. The molecule has 0 aliphatic heterocycles. The second-order valence-electron chi connectivity index (χ2n) is 7.70. The number of aryl methyl sites for hydroxylation is 1. The van der Waals surface area contributed by atoms with Crippen LogP contribution in [0.25, 0.3) is 23.0 Å². The van der Waals surface area contributed by atoms with Crippen molar-refractivity contribution in [2.75, 3.05) is 0 Å². The molecule has 0 bridgehead atoms. The summed E-state index contributed by atoms with van der Waals surface area (Å²) in [6.45, 7) is 4.19. The molecule has 1 atom stereocenters. The van der Waals surface area contributed by atoms with E-state index < -0.39 is 12.5 Å². The first-order chi connectivity index (χ1) is 15.7. The molecule has 7 nitrogen and oxygen atoms in total.